The lowest BCUT2D eigenvalue weighted by molar-refractivity contribution is -0.136. The number of ether oxygens (including phenoxy) is 1. The number of amides is 1. The number of aromatic nitrogens is 1. The Morgan fingerprint density at radius 3 is 2.68 bits per heavy atom. The SMILES string of the molecule is O=C(CC1CCN(c2ncccc2Br)CC1)N1CCOCC1. The van der Waals surface area contributed by atoms with Gasteiger partial charge in [-0.05, 0) is 46.8 Å². The van der Waals surface area contributed by atoms with Gasteiger partial charge in [0.25, 0.3) is 0 Å². The molecule has 2 saturated heterocycles. The first-order valence-electron chi connectivity index (χ1n) is 7.95. The van der Waals surface area contributed by atoms with Gasteiger partial charge in [0.05, 0.1) is 17.7 Å². The molecule has 2 aliphatic heterocycles. The van der Waals surface area contributed by atoms with Crippen LogP contribution in [0.2, 0.25) is 0 Å². The van der Waals surface area contributed by atoms with Crippen LogP contribution in [0.3, 0.4) is 0 Å². The molecule has 120 valence electrons. The number of nitrogens with zero attached hydrogens (tertiary/aromatic N) is 3. The molecule has 1 aromatic rings. The van der Waals surface area contributed by atoms with Gasteiger partial charge in [0, 0.05) is 38.8 Å². The summed E-state index contributed by atoms with van der Waals surface area (Å²) in [7, 11) is 0. The zero-order valence-electron chi connectivity index (χ0n) is 12.7. The minimum atomic E-state index is 0.292. The van der Waals surface area contributed by atoms with Crippen LogP contribution in [0.15, 0.2) is 22.8 Å². The van der Waals surface area contributed by atoms with Crippen molar-refractivity contribution in [3.63, 3.8) is 0 Å². The van der Waals surface area contributed by atoms with Crippen LogP contribution in [0.1, 0.15) is 19.3 Å². The fourth-order valence-electron chi connectivity index (χ4n) is 3.15. The number of anilines is 1. The van der Waals surface area contributed by atoms with E-state index >= 15 is 0 Å². The monoisotopic (exact) mass is 367 g/mol. The topological polar surface area (TPSA) is 45.7 Å². The lowest BCUT2D eigenvalue weighted by Gasteiger charge is -2.34. The second kappa shape index (κ2) is 7.42. The number of piperidine rings is 1. The number of rotatable bonds is 3. The number of hydrogen-bond donors (Lipinski definition) is 0. The summed E-state index contributed by atoms with van der Waals surface area (Å²) < 4.78 is 6.34. The molecule has 5 nitrogen and oxygen atoms in total. The fraction of sp³-hybridized carbons (Fsp3) is 0.625. The summed E-state index contributed by atoms with van der Waals surface area (Å²) >= 11 is 3.56. The molecule has 3 heterocycles. The van der Waals surface area contributed by atoms with Gasteiger partial charge in [0.2, 0.25) is 5.91 Å². The summed E-state index contributed by atoms with van der Waals surface area (Å²) in [6.07, 6.45) is 4.61. The quantitative estimate of drug-likeness (QED) is 0.822. The summed E-state index contributed by atoms with van der Waals surface area (Å²) in [5.41, 5.74) is 0. The van der Waals surface area contributed by atoms with Crippen LogP contribution in [0.4, 0.5) is 5.82 Å². The Morgan fingerprint density at radius 1 is 1.27 bits per heavy atom. The van der Waals surface area contributed by atoms with Crippen molar-refractivity contribution >= 4 is 27.7 Å². The van der Waals surface area contributed by atoms with Gasteiger partial charge in [0.1, 0.15) is 5.82 Å². The van der Waals surface area contributed by atoms with Gasteiger partial charge in [-0.15, -0.1) is 0 Å². The molecule has 1 amide bonds. The van der Waals surface area contributed by atoms with Crippen LogP contribution >= 0.6 is 15.9 Å². The lowest BCUT2D eigenvalue weighted by Crippen LogP contribution is -2.42. The van der Waals surface area contributed by atoms with Gasteiger partial charge in [-0.2, -0.15) is 0 Å². The number of morpholine rings is 1. The summed E-state index contributed by atoms with van der Waals surface area (Å²) in [4.78, 5) is 21.0. The largest absolute Gasteiger partial charge is 0.378 e. The number of carbonyl (C=O) groups excluding carboxylic acids is 1. The highest BCUT2D eigenvalue weighted by atomic mass is 79.9. The first-order chi connectivity index (χ1) is 10.7. The van der Waals surface area contributed by atoms with Gasteiger partial charge in [0.15, 0.2) is 0 Å². The molecule has 0 bridgehead atoms. The zero-order valence-corrected chi connectivity index (χ0v) is 14.3. The summed E-state index contributed by atoms with van der Waals surface area (Å²) in [5.74, 6) is 1.80. The van der Waals surface area contributed by atoms with E-state index in [1.165, 1.54) is 0 Å². The minimum absolute atomic E-state index is 0.292. The Kier molecular flexibility index (Phi) is 5.31. The molecule has 0 atom stereocenters. The van der Waals surface area contributed by atoms with Crippen molar-refractivity contribution in [2.45, 2.75) is 19.3 Å². The highest BCUT2D eigenvalue weighted by Crippen LogP contribution is 2.29. The van der Waals surface area contributed by atoms with E-state index in [1.54, 1.807) is 0 Å². The van der Waals surface area contributed by atoms with Crippen molar-refractivity contribution in [1.82, 2.24) is 9.88 Å². The van der Waals surface area contributed by atoms with Crippen LogP contribution in [0.25, 0.3) is 0 Å². The molecule has 0 radical (unpaired) electrons. The van der Waals surface area contributed by atoms with Crippen LogP contribution in [-0.4, -0.2) is 55.2 Å². The predicted molar refractivity (Wildman–Crippen MR) is 88.9 cm³/mol. The van der Waals surface area contributed by atoms with Crippen molar-refractivity contribution in [3.8, 4) is 0 Å². The number of pyridine rings is 1. The van der Waals surface area contributed by atoms with E-state index in [2.05, 4.69) is 25.8 Å². The van der Waals surface area contributed by atoms with E-state index in [0.29, 0.717) is 31.5 Å². The van der Waals surface area contributed by atoms with Crippen molar-refractivity contribution in [2.24, 2.45) is 5.92 Å². The maximum atomic E-state index is 12.3. The van der Waals surface area contributed by atoms with Gasteiger partial charge in [-0.25, -0.2) is 4.98 Å². The van der Waals surface area contributed by atoms with E-state index < -0.39 is 0 Å². The zero-order chi connectivity index (χ0) is 15.4. The Hall–Kier alpha value is -1.14. The third-order valence-electron chi connectivity index (χ3n) is 4.48. The summed E-state index contributed by atoms with van der Waals surface area (Å²) in [6, 6.07) is 3.96. The van der Waals surface area contributed by atoms with Gasteiger partial charge >= 0.3 is 0 Å². The molecular formula is C16H22BrN3O2. The smallest absolute Gasteiger partial charge is 0.223 e. The molecule has 0 unspecified atom stereocenters. The maximum Gasteiger partial charge on any atom is 0.223 e. The van der Waals surface area contributed by atoms with E-state index in [9.17, 15) is 4.79 Å². The van der Waals surface area contributed by atoms with Crippen molar-refractivity contribution in [1.29, 1.82) is 0 Å². The number of carbonyl (C=O) groups is 1. The number of hydrogen-bond acceptors (Lipinski definition) is 4. The van der Waals surface area contributed by atoms with Gasteiger partial charge in [-0.1, -0.05) is 0 Å². The second-order valence-corrected chi connectivity index (χ2v) is 6.79. The molecule has 22 heavy (non-hydrogen) atoms. The number of halogens is 1. The first-order valence-corrected chi connectivity index (χ1v) is 8.74. The Morgan fingerprint density at radius 2 is 2.00 bits per heavy atom. The minimum Gasteiger partial charge on any atom is -0.378 e. The summed E-state index contributed by atoms with van der Waals surface area (Å²) in [6.45, 7) is 4.79. The highest BCUT2D eigenvalue weighted by Gasteiger charge is 2.25. The van der Waals surface area contributed by atoms with E-state index in [4.69, 9.17) is 4.74 Å². The first kappa shape index (κ1) is 15.7. The predicted octanol–water partition coefficient (Wildman–Crippen LogP) is 2.31. The molecule has 0 aliphatic carbocycles. The average molecular weight is 368 g/mol. The van der Waals surface area contributed by atoms with Crippen molar-refractivity contribution < 1.29 is 9.53 Å². The average Bonchev–Trinajstić information content (AvgIpc) is 2.57. The molecule has 3 rings (SSSR count). The van der Waals surface area contributed by atoms with E-state index in [-0.39, 0.29) is 0 Å². The third kappa shape index (κ3) is 3.79. The third-order valence-corrected chi connectivity index (χ3v) is 5.10. The molecule has 2 aliphatic rings. The van der Waals surface area contributed by atoms with E-state index in [1.807, 2.05) is 23.2 Å². The lowest BCUT2D eigenvalue weighted by atomic mass is 9.93. The highest BCUT2D eigenvalue weighted by molar-refractivity contribution is 9.10. The molecule has 1 aromatic heterocycles. The normalized spacial score (nSPS) is 20.2. The molecular weight excluding hydrogens is 346 g/mol. The maximum absolute atomic E-state index is 12.3. The summed E-state index contributed by atoms with van der Waals surface area (Å²) in [5, 5.41) is 0. The van der Waals surface area contributed by atoms with Crippen LogP contribution < -0.4 is 4.90 Å². The van der Waals surface area contributed by atoms with Crippen molar-refractivity contribution in [2.75, 3.05) is 44.3 Å². The molecule has 0 N–H and O–H groups in total. The molecule has 0 aromatic carbocycles. The van der Waals surface area contributed by atoms with Crippen LogP contribution in [0.5, 0.6) is 0 Å². The van der Waals surface area contributed by atoms with E-state index in [0.717, 1.165) is 49.3 Å². The van der Waals surface area contributed by atoms with Crippen molar-refractivity contribution in [3.05, 3.63) is 22.8 Å². The second-order valence-electron chi connectivity index (χ2n) is 5.94. The van der Waals surface area contributed by atoms with Crippen LogP contribution in [-0.2, 0) is 9.53 Å². The molecule has 2 fully saturated rings. The van der Waals surface area contributed by atoms with Gasteiger partial charge < -0.3 is 14.5 Å². The molecule has 0 spiro atoms. The Labute approximate surface area is 139 Å². The van der Waals surface area contributed by atoms with Gasteiger partial charge in [-0.3, -0.25) is 4.79 Å². The molecule has 6 heteroatoms. The van der Waals surface area contributed by atoms with Crippen LogP contribution in [0, 0.1) is 5.92 Å². The fourth-order valence-corrected chi connectivity index (χ4v) is 3.65. The standard InChI is InChI=1S/C16H22BrN3O2/c17-14-2-1-5-18-16(14)20-6-3-13(4-7-20)12-15(21)19-8-10-22-11-9-19/h1-2,5,13H,3-4,6-12H2. The Bertz CT molecular complexity index is 512. The Balaban J connectivity index is 1.49. The molecule has 0 saturated carbocycles.